The van der Waals surface area contributed by atoms with Crippen molar-refractivity contribution in [3.63, 3.8) is 0 Å². The summed E-state index contributed by atoms with van der Waals surface area (Å²) in [6, 6.07) is 1.60. The van der Waals surface area contributed by atoms with E-state index in [1.54, 1.807) is 12.3 Å². The molecule has 0 aliphatic carbocycles. The Hall–Kier alpha value is -1.16. The Morgan fingerprint density at radius 2 is 2.33 bits per heavy atom. The molecule has 1 aromatic heterocycles. The molecule has 15 heavy (non-hydrogen) atoms. The van der Waals surface area contributed by atoms with Gasteiger partial charge in [-0.3, -0.25) is 9.69 Å². The summed E-state index contributed by atoms with van der Waals surface area (Å²) in [7, 11) is 0. The van der Waals surface area contributed by atoms with Gasteiger partial charge >= 0.3 is 0 Å². The van der Waals surface area contributed by atoms with Crippen LogP contribution in [-0.4, -0.2) is 35.7 Å². The van der Waals surface area contributed by atoms with Gasteiger partial charge in [-0.25, -0.2) is 4.39 Å². The molecule has 1 aromatic rings. The van der Waals surface area contributed by atoms with Crippen LogP contribution in [0.5, 0.6) is 0 Å². The minimum atomic E-state index is -0.637. The highest BCUT2D eigenvalue weighted by atomic mass is 19.1. The lowest BCUT2D eigenvalue weighted by Gasteiger charge is -2.34. The van der Waals surface area contributed by atoms with E-state index in [0.717, 1.165) is 24.1 Å². The fourth-order valence-corrected chi connectivity index (χ4v) is 1.84. The van der Waals surface area contributed by atoms with Crippen LogP contribution >= 0.6 is 0 Å². The number of nitrogens with zero attached hydrogens (tertiary/aromatic N) is 1. The van der Waals surface area contributed by atoms with E-state index in [1.807, 2.05) is 6.92 Å². The lowest BCUT2D eigenvalue weighted by Crippen LogP contribution is -2.48. The first kappa shape index (κ1) is 10.4. The Morgan fingerprint density at radius 3 is 2.93 bits per heavy atom. The van der Waals surface area contributed by atoms with E-state index in [9.17, 15) is 9.18 Å². The van der Waals surface area contributed by atoms with Crippen LogP contribution in [0.25, 0.3) is 0 Å². The molecular formula is C11H15FN2O. The molecular weight excluding hydrogens is 195 g/mol. The van der Waals surface area contributed by atoms with Gasteiger partial charge in [0.25, 0.3) is 0 Å². The maximum atomic E-state index is 12.5. The molecule has 2 heterocycles. The average molecular weight is 210 g/mol. The predicted octanol–water partition coefficient (Wildman–Crippen LogP) is 0.880. The van der Waals surface area contributed by atoms with Gasteiger partial charge in [0.2, 0.25) is 5.56 Å². The first-order valence-corrected chi connectivity index (χ1v) is 5.20. The maximum absolute atomic E-state index is 12.5. The first-order valence-electron chi connectivity index (χ1n) is 5.20. The summed E-state index contributed by atoms with van der Waals surface area (Å²) < 4.78 is 12.5. The number of nitrogens with one attached hydrogen (secondary N) is 1. The highest BCUT2D eigenvalue weighted by Crippen LogP contribution is 2.12. The molecule has 0 atom stereocenters. The summed E-state index contributed by atoms with van der Waals surface area (Å²) in [5.41, 5.74) is 2.08. The number of H-pyrrole nitrogens is 1. The highest BCUT2D eigenvalue weighted by Gasteiger charge is 2.25. The van der Waals surface area contributed by atoms with Crippen LogP contribution in [0.1, 0.15) is 11.1 Å². The van der Waals surface area contributed by atoms with Gasteiger partial charge in [-0.2, -0.15) is 0 Å². The number of aromatic nitrogens is 1. The molecule has 0 radical (unpaired) electrons. The molecule has 0 bridgehead atoms. The van der Waals surface area contributed by atoms with Crippen LogP contribution in [0.4, 0.5) is 4.39 Å². The van der Waals surface area contributed by atoms with Gasteiger partial charge in [-0.1, -0.05) is 0 Å². The zero-order valence-corrected chi connectivity index (χ0v) is 8.79. The predicted molar refractivity (Wildman–Crippen MR) is 56.8 cm³/mol. The normalized spacial score (nSPS) is 17.7. The molecule has 82 valence electrons. The van der Waals surface area contributed by atoms with Crippen molar-refractivity contribution in [2.24, 2.45) is 0 Å². The van der Waals surface area contributed by atoms with Crippen molar-refractivity contribution in [3.8, 4) is 0 Å². The summed E-state index contributed by atoms with van der Waals surface area (Å²) in [5.74, 6) is 0. The smallest absolute Gasteiger partial charge is 0.248 e. The molecule has 0 spiro atoms. The number of hydrogen-bond acceptors (Lipinski definition) is 2. The number of rotatable bonds is 3. The van der Waals surface area contributed by atoms with E-state index in [1.165, 1.54) is 0 Å². The van der Waals surface area contributed by atoms with Gasteiger partial charge in [0.15, 0.2) is 0 Å². The van der Waals surface area contributed by atoms with Crippen molar-refractivity contribution in [2.45, 2.75) is 19.5 Å². The molecule has 0 saturated carbocycles. The number of halogens is 1. The Bertz CT molecular complexity index is 396. The number of likely N-dealkylation sites (tertiary alicyclic amines) is 1. The Labute approximate surface area is 87.9 Å². The second kappa shape index (κ2) is 4.14. The molecule has 0 aromatic carbocycles. The number of aryl methyl sites for hydroxylation is 1. The second-order valence-corrected chi connectivity index (χ2v) is 4.11. The van der Waals surface area contributed by atoms with Crippen LogP contribution in [0.2, 0.25) is 0 Å². The highest BCUT2D eigenvalue weighted by molar-refractivity contribution is 5.21. The third-order valence-electron chi connectivity index (χ3n) is 2.85. The Kier molecular flexibility index (Phi) is 2.86. The van der Waals surface area contributed by atoms with E-state index in [-0.39, 0.29) is 5.56 Å². The van der Waals surface area contributed by atoms with Crippen LogP contribution in [0, 0.1) is 6.92 Å². The largest absolute Gasteiger partial charge is 0.329 e. The first-order chi connectivity index (χ1) is 7.15. The molecule has 1 saturated heterocycles. The third kappa shape index (κ3) is 2.45. The van der Waals surface area contributed by atoms with Crippen molar-refractivity contribution in [3.05, 3.63) is 33.7 Å². The molecule has 1 fully saturated rings. The molecule has 0 amide bonds. The summed E-state index contributed by atoms with van der Waals surface area (Å²) in [6.45, 7) is 3.91. The zero-order valence-electron chi connectivity index (χ0n) is 8.79. The van der Waals surface area contributed by atoms with Gasteiger partial charge in [-0.15, -0.1) is 0 Å². The number of alkyl halides is 1. The van der Waals surface area contributed by atoms with Gasteiger partial charge in [0.1, 0.15) is 6.17 Å². The summed E-state index contributed by atoms with van der Waals surface area (Å²) in [4.78, 5) is 15.7. The second-order valence-electron chi connectivity index (χ2n) is 4.11. The lowest BCUT2D eigenvalue weighted by atomic mass is 10.1. The van der Waals surface area contributed by atoms with E-state index in [4.69, 9.17) is 0 Å². The molecule has 3 nitrogen and oxygen atoms in total. The number of hydrogen-bond donors (Lipinski definition) is 1. The number of pyridine rings is 1. The van der Waals surface area contributed by atoms with Crippen molar-refractivity contribution >= 4 is 0 Å². The van der Waals surface area contributed by atoms with Crippen LogP contribution in [0.15, 0.2) is 17.1 Å². The molecule has 2 rings (SSSR count). The minimum absolute atomic E-state index is 0.0657. The van der Waals surface area contributed by atoms with E-state index in [0.29, 0.717) is 13.1 Å². The fourth-order valence-electron chi connectivity index (χ4n) is 1.84. The van der Waals surface area contributed by atoms with Crippen molar-refractivity contribution in [2.75, 3.05) is 19.6 Å². The summed E-state index contributed by atoms with van der Waals surface area (Å²) in [6.07, 6.45) is 1.99. The standard InChI is InChI=1S/C11H15FN2O/c1-8-4-11(15)13-5-9(8)2-3-14-6-10(12)7-14/h4-5,10H,2-3,6-7H2,1H3,(H,13,15). The molecule has 1 aliphatic rings. The van der Waals surface area contributed by atoms with Gasteiger partial charge in [-0.05, 0) is 24.5 Å². The van der Waals surface area contributed by atoms with Gasteiger partial charge in [0, 0.05) is 31.9 Å². The van der Waals surface area contributed by atoms with Crippen molar-refractivity contribution < 1.29 is 4.39 Å². The zero-order chi connectivity index (χ0) is 10.8. The fraction of sp³-hybridized carbons (Fsp3) is 0.545. The molecule has 1 aliphatic heterocycles. The quantitative estimate of drug-likeness (QED) is 0.804. The third-order valence-corrected chi connectivity index (χ3v) is 2.85. The lowest BCUT2D eigenvalue weighted by molar-refractivity contribution is 0.0670. The van der Waals surface area contributed by atoms with E-state index < -0.39 is 6.17 Å². The van der Waals surface area contributed by atoms with Gasteiger partial charge in [0.05, 0.1) is 0 Å². The van der Waals surface area contributed by atoms with Crippen molar-refractivity contribution in [1.29, 1.82) is 0 Å². The van der Waals surface area contributed by atoms with Crippen molar-refractivity contribution in [1.82, 2.24) is 9.88 Å². The molecule has 4 heteroatoms. The van der Waals surface area contributed by atoms with Gasteiger partial charge < -0.3 is 4.98 Å². The average Bonchev–Trinajstić information content (AvgIpc) is 2.13. The Balaban J connectivity index is 1.91. The summed E-state index contributed by atoms with van der Waals surface area (Å²) in [5, 5.41) is 0. The maximum Gasteiger partial charge on any atom is 0.248 e. The van der Waals surface area contributed by atoms with Crippen LogP contribution < -0.4 is 5.56 Å². The monoisotopic (exact) mass is 210 g/mol. The number of aromatic amines is 1. The Morgan fingerprint density at radius 1 is 1.60 bits per heavy atom. The van der Waals surface area contributed by atoms with Crippen LogP contribution in [-0.2, 0) is 6.42 Å². The SMILES string of the molecule is Cc1cc(=O)[nH]cc1CCN1CC(F)C1. The molecule has 0 unspecified atom stereocenters. The molecule has 1 N–H and O–H groups in total. The minimum Gasteiger partial charge on any atom is -0.329 e. The topological polar surface area (TPSA) is 36.1 Å². The summed E-state index contributed by atoms with van der Waals surface area (Å²) >= 11 is 0. The van der Waals surface area contributed by atoms with Crippen LogP contribution in [0.3, 0.4) is 0 Å². The van der Waals surface area contributed by atoms with E-state index in [2.05, 4.69) is 9.88 Å². The van der Waals surface area contributed by atoms with E-state index >= 15 is 0 Å².